The minimum absolute atomic E-state index is 0.139. The van der Waals surface area contributed by atoms with Crippen molar-refractivity contribution in [1.82, 2.24) is 10.6 Å². The Morgan fingerprint density at radius 3 is 2.39 bits per heavy atom. The van der Waals surface area contributed by atoms with Crippen LogP contribution in [-0.2, 0) is 11.3 Å². The fourth-order valence-corrected chi connectivity index (χ4v) is 4.02. The number of piperidine rings is 1. The summed E-state index contributed by atoms with van der Waals surface area (Å²) in [7, 11) is 0. The standard InChI is InChI=1S/C22H24FN3O2/c23-17-5-7-18(8-6-17)26-20(27)16-3-1-15(2-4-16)14-25-21(28)19-13-22(19)9-11-24-12-10-22/h1-8,19,24H,9-14H2,(H,25,28)(H,26,27). The van der Waals surface area contributed by atoms with Crippen LogP contribution in [0.15, 0.2) is 48.5 Å². The van der Waals surface area contributed by atoms with Gasteiger partial charge in [-0.25, -0.2) is 4.39 Å². The maximum atomic E-state index is 12.9. The van der Waals surface area contributed by atoms with E-state index in [0.29, 0.717) is 17.8 Å². The summed E-state index contributed by atoms with van der Waals surface area (Å²) in [5.41, 5.74) is 2.23. The highest BCUT2D eigenvalue weighted by molar-refractivity contribution is 6.04. The van der Waals surface area contributed by atoms with Crippen molar-refractivity contribution in [2.45, 2.75) is 25.8 Å². The highest BCUT2D eigenvalue weighted by Crippen LogP contribution is 2.58. The largest absolute Gasteiger partial charge is 0.352 e. The van der Waals surface area contributed by atoms with E-state index in [1.165, 1.54) is 24.3 Å². The second-order valence-corrected chi connectivity index (χ2v) is 7.74. The van der Waals surface area contributed by atoms with Gasteiger partial charge < -0.3 is 16.0 Å². The number of nitrogens with one attached hydrogen (secondary N) is 3. The van der Waals surface area contributed by atoms with E-state index in [0.717, 1.165) is 37.9 Å². The van der Waals surface area contributed by atoms with E-state index < -0.39 is 0 Å². The van der Waals surface area contributed by atoms with Crippen molar-refractivity contribution >= 4 is 17.5 Å². The number of hydrogen-bond acceptors (Lipinski definition) is 3. The maximum absolute atomic E-state index is 12.9. The van der Waals surface area contributed by atoms with Crippen molar-refractivity contribution in [3.8, 4) is 0 Å². The number of carbonyl (C=O) groups excluding carboxylic acids is 2. The van der Waals surface area contributed by atoms with Crippen LogP contribution in [0.1, 0.15) is 35.2 Å². The Kier molecular flexibility index (Phi) is 5.13. The summed E-state index contributed by atoms with van der Waals surface area (Å²) >= 11 is 0. The highest BCUT2D eigenvalue weighted by atomic mass is 19.1. The lowest BCUT2D eigenvalue weighted by molar-refractivity contribution is -0.123. The van der Waals surface area contributed by atoms with Gasteiger partial charge >= 0.3 is 0 Å². The third-order valence-corrected chi connectivity index (χ3v) is 5.89. The molecule has 1 saturated carbocycles. The lowest BCUT2D eigenvalue weighted by Crippen LogP contribution is -2.33. The maximum Gasteiger partial charge on any atom is 0.255 e. The van der Waals surface area contributed by atoms with Gasteiger partial charge in [-0.15, -0.1) is 0 Å². The number of rotatable bonds is 5. The van der Waals surface area contributed by atoms with Crippen molar-refractivity contribution in [2.24, 2.45) is 11.3 Å². The smallest absolute Gasteiger partial charge is 0.255 e. The number of benzene rings is 2. The molecule has 1 unspecified atom stereocenters. The predicted molar refractivity (Wildman–Crippen MR) is 105 cm³/mol. The van der Waals surface area contributed by atoms with Crippen LogP contribution in [0, 0.1) is 17.2 Å². The molecule has 2 aliphatic rings. The van der Waals surface area contributed by atoms with Crippen molar-refractivity contribution in [3.05, 3.63) is 65.5 Å². The van der Waals surface area contributed by atoms with Crippen LogP contribution in [0.5, 0.6) is 0 Å². The molecule has 1 aliphatic carbocycles. The van der Waals surface area contributed by atoms with Crippen LogP contribution in [0.4, 0.5) is 10.1 Å². The summed E-state index contributed by atoms with van der Waals surface area (Å²) in [6.07, 6.45) is 3.18. The third-order valence-electron chi connectivity index (χ3n) is 5.89. The van der Waals surface area contributed by atoms with Crippen LogP contribution in [0.2, 0.25) is 0 Å². The second-order valence-electron chi connectivity index (χ2n) is 7.74. The first-order chi connectivity index (χ1) is 13.6. The summed E-state index contributed by atoms with van der Waals surface area (Å²) in [5, 5.41) is 9.11. The summed E-state index contributed by atoms with van der Waals surface area (Å²) in [4.78, 5) is 24.7. The highest BCUT2D eigenvalue weighted by Gasteiger charge is 2.57. The van der Waals surface area contributed by atoms with E-state index in [-0.39, 0.29) is 29.0 Å². The molecule has 1 aliphatic heterocycles. The van der Waals surface area contributed by atoms with Crippen molar-refractivity contribution in [2.75, 3.05) is 18.4 Å². The Morgan fingerprint density at radius 2 is 1.71 bits per heavy atom. The van der Waals surface area contributed by atoms with Crippen LogP contribution >= 0.6 is 0 Å². The Bertz CT molecular complexity index is 858. The Morgan fingerprint density at radius 1 is 1.04 bits per heavy atom. The fraction of sp³-hybridized carbons (Fsp3) is 0.364. The van der Waals surface area contributed by atoms with Gasteiger partial charge in [0, 0.05) is 23.7 Å². The van der Waals surface area contributed by atoms with Crippen molar-refractivity contribution in [1.29, 1.82) is 0 Å². The quantitative estimate of drug-likeness (QED) is 0.745. The topological polar surface area (TPSA) is 70.2 Å². The molecule has 0 bridgehead atoms. The number of carbonyl (C=O) groups is 2. The van der Waals surface area contributed by atoms with Crippen molar-refractivity contribution in [3.63, 3.8) is 0 Å². The molecule has 5 nitrogen and oxygen atoms in total. The van der Waals surface area contributed by atoms with E-state index >= 15 is 0 Å². The van der Waals surface area contributed by atoms with E-state index in [2.05, 4.69) is 16.0 Å². The van der Waals surface area contributed by atoms with Gasteiger partial charge in [-0.1, -0.05) is 12.1 Å². The first-order valence-electron chi connectivity index (χ1n) is 9.70. The molecule has 0 aromatic heterocycles. The monoisotopic (exact) mass is 381 g/mol. The summed E-state index contributed by atoms with van der Waals surface area (Å²) in [6.45, 7) is 2.47. The molecule has 3 N–H and O–H groups in total. The van der Waals surface area contributed by atoms with Gasteiger partial charge in [-0.05, 0) is 79.7 Å². The first-order valence-corrected chi connectivity index (χ1v) is 9.70. The molecule has 4 rings (SSSR count). The zero-order valence-corrected chi connectivity index (χ0v) is 15.6. The van der Waals surface area contributed by atoms with Gasteiger partial charge in [0.1, 0.15) is 5.82 Å². The number of amides is 2. The second kappa shape index (κ2) is 7.72. The Balaban J connectivity index is 1.28. The van der Waals surface area contributed by atoms with Gasteiger partial charge in [-0.2, -0.15) is 0 Å². The van der Waals surface area contributed by atoms with Gasteiger partial charge in [0.05, 0.1) is 0 Å². The van der Waals surface area contributed by atoms with E-state index in [4.69, 9.17) is 0 Å². The Labute approximate surface area is 163 Å². The molecule has 1 atom stereocenters. The predicted octanol–water partition coefficient (Wildman–Crippen LogP) is 3.08. The average Bonchev–Trinajstić information content (AvgIpc) is 3.41. The summed E-state index contributed by atoms with van der Waals surface area (Å²) in [6, 6.07) is 12.8. The normalized spacial score (nSPS) is 19.8. The fourth-order valence-electron chi connectivity index (χ4n) is 4.02. The molecule has 2 amide bonds. The van der Waals surface area contributed by atoms with Crippen LogP contribution in [-0.4, -0.2) is 24.9 Å². The van der Waals surface area contributed by atoms with Crippen LogP contribution < -0.4 is 16.0 Å². The molecule has 2 aromatic rings. The van der Waals surface area contributed by atoms with E-state index in [9.17, 15) is 14.0 Å². The molecule has 2 aromatic carbocycles. The molecule has 146 valence electrons. The van der Waals surface area contributed by atoms with Gasteiger partial charge in [-0.3, -0.25) is 9.59 Å². The number of hydrogen-bond donors (Lipinski definition) is 3. The average molecular weight is 381 g/mol. The van der Waals surface area contributed by atoms with Gasteiger partial charge in [0.2, 0.25) is 5.91 Å². The molecular weight excluding hydrogens is 357 g/mol. The number of anilines is 1. The van der Waals surface area contributed by atoms with Crippen LogP contribution in [0.25, 0.3) is 0 Å². The van der Waals surface area contributed by atoms with E-state index in [1.807, 2.05) is 12.1 Å². The molecule has 28 heavy (non-hydrogen) atoms. The van der Waals surface area contributed by atoms with Gasteiger partial charge in [0.15, 0.2) is 0 Å². The minimum atomic E-state index is -0.346. The first kappa shape index (κ1) is 18.6. The number of halogens is 1. The molecule has 2 fully saturated rings. The molecule has 1 heterocycles. The zero-order chi connectivity index (χ0) is 19.6. The minimum Gasteiger partial charge on any atom is -0.352 e. The lowest BCUT2D eigenvalue weighted by Gasteiger charge is -2.23. The molecule has 1 spiro atoms. The van der Waals surface area contributed by atoms with Crippen LogP contribution in [0.3, 0.4) is 0 Å². The summed E-state index contributed by atoms with van der Waals surface area (Å²) in [5.74, 6) is -0.315. The zero-order valence-electron chi connectivity index (χ0n) is 15.6. The SMILES string of the molecule is O=C(Nc1ccc(F)cc1)c1ccc(CNC(=O)C2CC23CCNCC3)cc1. The summed E-state index contributed by atoms with van der Waals surface area (Å²) < 4.78 is 12.9. The molecule has 1 saturated heterocycles. The third kappa shape index (κ3) is 4.07. The lowest BCUT2D eigenvalue weighted by atomic mass is 9.92. The van der Waals surface area contributed by atoms with E-state index in [1.54, 1.807) is 12.1 Å². The van der Waals surface area contributed by atoms with Gasteiger partial charge in [0.25, 0.3) is 5.91 Å². The Hall–Kier alpha value is -2.73. The molecular formula is C22H24FN3O2. The molecule has 6 heteroatoms. The molecule has 0 radical (unpaired) electrons. The van der Waals surface area contributed by atoms with Crippen molar-refractivity contribution < 1.29 is 14.0 Å².